The molecule has 3 heteroatoms. The molecular formula is C47H29N3. The molecule has 0 bridgehead atoms. The van der Waals surface area contributed by atoms with Crippen molar-refractivity contribution in [3.8, 4) is 40.1 Å². The molecule has 232 valence electrons. The van der Waals surface area contributed by atoms with Gasteiger partial charge >= 0.3 is 0 Å². The monoisotopic (exact) mass is 635 g/mol. The molecule has 8 aromatic carbocycles. The highest BCUT2D eigenvalue weighted by Crippen LogP contribution is 2.42. The second-order valence-electron chi connectivity index (χ2n) is 12.7. The fraction of sp³-hybridized carbons (Fsp3) is 0.0213. The zero-order valence-corrected chi connectivity index (χ0v) is 27.1. The maximum atomic E-state index is 10.9. The fourth-order valence-corrected chi connectivity index (χ4v) is 7.82. The van der Waals surface area contributed by atoms with E-state index in [1.807, 2.05) is 42.5 Å². The molecule has 0 aliphatic carbocycles. The number of nitrogens with zero attached hydrogens (tertiary/aromatic N) is 3. The Morgan fingerprint density at radius 3 is 1.62 bits per heavy atom. The summed E-state index contributed by atoms with van der Waals surface area (Å²) in [5, 5.41) is 28.0. The van der Waals surface area contributed by atoms with Gasteiger partial charge in [0.15, 0.2) is 0 Å². The van der Waals surface area contributed by atoms with E-state index < -0.39 is 0 Å². The van der Waals surface area contributed by atoms with Gasteiger partial charge in [0.1, 0.15) is 6.07 Å². The molecule has 0 spiro atoms. The number of nitriles is 2. The van der Waals surface area contributed by atoms with Crippen LogP contribution in [-0.2, 0) is 6.42 Å². The van der Waals surface area contributed by atoms with E-state index in [2.05, 4.69) is 138 Å². The molecule has 0 saturated carbocycles. The molecule has 0 aliphatic heterocycles. The summed E-state index contributed by atoms with van der Waals surface area (Å²) in [6, 6.07) is 61.5. The lowest BCUT2D eigenvalue weighted by Gasteiger charge is -2.19. The molecular weight excluding hydrogens is 607 g/mol. The van der Waals surface area contributed by atoms with Crippen LogP contribution in [0.1, 0.15) is 22.3 Å². The van der Waals surface area contributed by atoms with Gasteiger partial charge < -0.3 is 4.57 Å². The van der Waals surface area contributed by atoms with Gasteiger partial charge in [-0.3, -0.25) is 0 Å². The Balaban J connectivity index is 1.29. The Morgan fingerprint density at radius 2 is 1.02 bits per heavy atom. The molecule has 0 saturated heterocycles. The van der Waals surface area contributed by atoms with Crippen molar-refractivity contribution < 1.29 is 0 Å². The van der Waals surface area contributed by atoms with Crippen molar-refractivity contribution in [1.82, 2.24) is 4.57 Å². The normalized spacial score (nSPS) is 11.2. The summed E-state index contributed by atoms with van der Waals surface area (Å²) >= 11 is 0. The lowest BCUT2D eigenvalue weighted by molar-refractivity contribution is 1.16. The largest absolute Gasteiger partial charge is 0.308 e. The quantitative estimate of drug-likeness (QED) is 0.177. The van der Waals surface area contributed by atoms with Crippen LogP contribution in [0.4, 0.5) is 0 Å². The minimum atomic E-state index is 0.559. The van der Waals surface area contributed by atoms with E-state index in [4.69, 9.17) is 0 Å². The van der Waals surface area contributed by atoms with Crippen LogP contribution in [0.15, 0.2) is 164 Å². The molecule has 0 aliphatic rings. The van der Waals surface area contributed by atoms with Crippen LogP contribution in [0, 0.1) is 22.7 Å². The topological polar surface area (TPSA) is 52.5 Å². The molecule has 0 atom stereocenters. The molecule has 3 nitrogen and oxygen atoms in total. The first-order valence-electron chi connectivity index (χ1n) is 16.8. The molecule has 0 N–H and O–H groups in total. The third kappa shape index (κ3) is 4.57. The molecule has 0 radical (unpaired) electrons. The highest BCUT2D eigenvalue weighted by Gasteiger charge is 2.21. The summed E-state index contributed by atoms with van der Waals surface area (Å²) in [7, 11) is 0. The molecule has 50 heavy (non-hydrogen) atoms. The lowest BCUT2D eigenvalue weighted by atomic mass is 9.84. The van der Waals surface area contributed by atoms with E-state index in [-0.39, 0.29) is 0 Å². The van der Waals surface area contributed by atoms with E-state index >= 15 is 0 Å². The van der Waals surface area contributed by atoms with Crippen molar-refractivity contribution in [1.29, 1.82) is 10.5 Å². The number of rotatable bonds is 5. The van der Waals surface area contributed by atoms with Gasteiger partial charge in [0.05, 0.1) is 33.9 Å². The zero-order valence-electron chi connectivity index (χ0n) is 27.1. The van der Waals surface area contributed by atoms with Gasteiger partial charge in [-0.2, -0.15) is 10.5 Å². The van der Waals surface area contributed by atoms with Gasteiger partial charge in [-0.15, -0.1) is 0 Å². The van der Waals surface area contributed by atoms with Gasteiger partial charge in [-0.1, -0.05) is 133 Å². The molecule has 1 heterocycles. The van der Waals surface area contributed by atoms with E-state index in [1.54, 1.807) is 0 Å². The number of fused-ring (bicyclic) bond motifs is 5. The Labute approximate surface area is 290 Å². The third-order valence-electron chi connectivity index (χ3n) is 9.98. The number of hydrogen-bond acceptors (Lipinski definition) is 2. The van der Waals surface area contributed by atoms with Crippen LogP contribution in [-0.4, -0.2) is 4.57 Å². The zero-order chi connectivity index (χ0) is 33.6. The lowest BCUT2D eigenvalue weighted by Crippen LogP contribution is -2.02. The molecule has 0 fully saturated rings. The van der Waals surface area contributed by atoms with Crippen molar-refractivity contribution in [3.63, 3.8) is 0 Å². The predicted octanol–water partition coefficient (Wildman–Crippen LogP) is 11.8. The Bertz CT molecular complexity index is 2750. The predicted molar refractivity (Wildman–Crippen MR) is 205 cm³/mol. The van der Waals surface area contributed by atoms with Gasteiger partial charge in [0, 0.05) is 16.3 Å². The second-order valence-corrected chi connectivity index (χ2v) is 12.7. The van der Waals surface area contributed by atoms with Crippen molar-refractivity contribution in [2.75, 3.05) is 0 Å². The minimum absolute atomic E-state index is 0.559. The summed E-state index contributed by atoms with van der Waals surface area (Å²) in [4.78, 5) is 0. The number of para-hydroxylation sites is 2. The molecule has 1 aromatic heterocycles. The second kappa shape index (κ2) is 11.9. The van der Waals surface area contributed by atoms with Gasteiger partial charge in [0.2, 0.25) is 0 Å². The summed E-state index contributed by atoms with van der Waals surface area (Å²) in [6.07, 6.45) is 0.627. The highest BCUT2D eigenvalue weighted by atomic mass is 15.0. The first-order valence-corrected chi connectivity index (χ1v) is 16.8. The van der Waals surface area contributed by atoms with Gasteiger partial charge in [-0.05, 0) is 86.1 Å². The van der Waals surface area contributed by atoms with E-state index in [9.17, 15) is 10.5 Å². The highest BCUT2D eigenvalue weighted by molar-refractivity contribution is 6.15. The smallest absolute Gasteiger partial charge is 0.102 e. The molecule has 0 amide bonds. The number of aromatic nitrogens is 1. The Hall–Kier alpha value is -6.94. The van der Waals surface area contributed by atoms with Crippen LogP contribution in [0.3, 0.4) is 0 Å². The van der Waals surface area contributed by atoms with E-state index in [0.29, 0.717) is 17.5 Å². The number of hydrogen-bond donors (Lipinski definition) is 0. The Morgan fingerprint density at radius 1 is 0.460 bits per heavy atom. The summed E-state index contributed by atoms with van der Waals surface area (Å²) in [5.74, 6) is 0. The fourth-order valence-electron chi connectivity index (χ4n) is 7.82. The Kier molecular flexibility index (Phi) is 6.98. The van der Waals surface area contributed by atoms with Crippen molar-refractivity contribution in [2.45, 2.75) is 6.42 Å². The number of benzene rings is 8. The molecule has 0 unspecified atom stereocenters. The summed E-state index contributed by atoms with van der Waals surface area (Å²) in [5.41, 5.74) is 10.4. The van der Waals surface area contributed by atoms with Gasteiger partial charge in [-0.25, -0.2) is 0 Å². The summed E-state index contributed by atoms with van der Waals surface area (Å²) in [6.45, 7) is 0. The van der Waals surface area contributed by atoms with Crippen LogP contribution < -0.4 is 0 Å². The van der Waals surface area contributed by atoms with Crippen molar-refractivity contribution in [3.05, 3.63) is 186 Å². The van der Waals surface area contributed by atoms with Crippen LogP contribution in [0.2, 0.25) is 0 Å². The van der Waals surface area contributed by atoms with Crippen LogP contribution >= 0.6 is 0 Å². The van der Waals surface area contributed by atoms with Crippen LogP contribution in [0.5, 0.6) is 0 Å². The maximum absolute atomic E-state index is 10.9. The van der Waals surface area contributed by atoms with Crippen molar-refractivity contribution >= 4 is 43.4 Å². The van der Waals surface area contributed by atoms with Crippen molar-refractivity contribution in [2.24, 2.45) is 0 Å². The van der Waals surface area contributed by atoms with E-state index in [0.717, 1.165) is 44.2 Å². The molecule has 9 aromatic rings. The average Bonchev–Trinajstić information content (AvgIpc) is 3.52. The first kappa shape index (κ1) is 29.2. The third-order valence-corrected chi connectivity index (χ3v) is 9.98. The first-order chi connectivity index (χ1) is 24.7. The van der Waals surface area contributed by atoms with E-state index in [1.165, 1.54) is 38.2 Å². The summed E-state index contributed by atoms with van der Waals surface area (Å²) < 4.78 is 2.20. The van der Waals surface area contributed by atoms with Crippen LogP contribution in [0.25, 0.3) is 71.3 Å². The van der Waals surface area contributed by atoms with Gasteiger partial charge in [0.25, 0.3) is 0 Å². The molecule has 9 rings (SSSR count). The standard InChI is InChI=1S/C47H29N3/c48-29-31-25-26-33(28-42-34-15-4-6-19-39(34)47(32-13-2-1-3-14-32)40-20-7-5-16-35(40)42)41(27-31)36-21-12-24-46(43(36)30-49)50-44-22-10-8-17-37(44)38-18-9-11-23-45(38)50/h1-27H,28H2. The SMILES string of the molecule is N#Cc1ccc(Cc2c3ccccc3c(-c3ccccc3)c3ccccc23)c(-c2cccc(-n3c4ccccc4c4ccccc43)c2C#N)c1. The minimum Gasteiger partial charge on any atom is -0.308 e. The average molecular weight is 636 g/mol. The maximum Gasteiger partial charge on any atom is 0.102 e.